The predicted octanol–water partition coefficient (Wildman–Crippen LogP) is 9.45. The number of carbonyl (C=O) groups is 2. The van der Waals surface area contributed by atoms with Gasteiger partial charge in [-0.25, -0.2) is 4.57 Å². The van der Waals surface area contributed by atoms with Crippen LogP contribution in [0.1, 0.15) is 142 Å². The SMILES string of the molecule is CCCCC/C=C\C[C@@H](O)/C=C/C=C/C=C\[C@@H](O)CCCC(=O)OC[C@H](COP(=O)(O)O)OC(=O)CCCCCCC/C=C\C=C/CCCCCC. The number of unbranched alkanes of at least 4 members (excludes halogenated alkanes) is 12. The maximum absolute atomic E-state index is 12.4. The summed E-state index contributed by atoms with van der Waals surface area (Å²) in [6.45, 7) is 3.36. The number of carbonyl (C=O) groups excluding carboxylic acids is 2. The average Bonchev–Trinajstić information content (AvgIpc) is 3.10. The van der Waals surface area contributed by atoms with Crippen LogP contribution >= 0.6 is 7.82 Å². The van der Waals surface area contributed by atoms with Gasteiger partial charge in [-0.1, -0.05) is 138 Å². The number of allylic oxidation sites excluding steroid dienone is 9. The fraction of sp³-hybridized carbons (Fsp3) is 0.659. The molecular weight excluding hydrogens is 683 g/mol. The second kappa shape index (κ2) is 35.4. The van der Waals surface area contributed by atoms with Crippen molar-refractivity contribution in [2.75, 3.05) is 13.2 Å². The molecule has 3 atom stereocenters. The van der Waals surface area contributed by atoms with Crippen LogP contribution in [0.2, 0.25) is 0 Å². The van der Waals surface area contributed by atoms with Crippen LogP contribution in [0.4, 0.5) is 0 Å². The van der Waals surface area contributed by atoms with E-state index in [1.54, 1.807) is 36.5 Å². The molecule has 4 N–H and O–H groups in total. The Morgan fingerprint density at radius 1 is 0.596 bits per heavy atom. The number of aliphatic hydroxyl groups excluding tert-OH is 2. The lowest BCUT2D eigenvalue weighted by Gasteiger charge is -2.18. The Morgan fingerprint density at radius 2 is 1.13 bits per heavy atom. The quantitative estimate of drug-likeness (QED) is 0.0164. The number of hydrogen-bond acceptors (Lipinski definition) is 8. The van der Waals surface area contributed by atoms with Crippen LogP contribution in [-0.4, -0.2) is 63.5 Å². The fourth-order valence-corrected chi connectivity index (χ4v) is 5.27. The van der Waals surface area contributed by atoms with Crippen molar-refractivity contribution in [3.8, 4) is 0 Å². The monoisotopic (exact) mass is 752 g/mol. The highest BCUT2D eigenvalue weighted by molar-refractivity contribution is 7.46. The first-order valence-electron chi connectivity index (χ1n) is 19.5. The first-order chi connectivity index (χ1) is 25.1. The lowest BCUT2D eigenvalue weighted by molar-refractivity contribution is -0.161. The number of hydrogen-bond donors (Lipinski definition) is 4. The van der Waals surface area contributed by atoms with Crippen LogP contribution in [0.15, 0.2) is 72.9 Å². The maximum Gasteiger partial charge on any atom is 0.469 e. The predicted molar refractivity (Wildman–Crippen MR) is 209 cm³/mol. The molecule has 0 saturated carbocycles. The first kappa shape index (κ1) is 49.4. The Hall–Kier alpha value is -2.59. The van der Waals surface area contributed by atoms with Gasteiger partial charge in [-0.3, -0.25) is 14.1 Å². The van der Waals surface area contributed by atoms with E-state index in [4.69, 9.17) is 19.3 Å². The van der Waals surface area contributed by atoms with E-state index >= 15 is 0 Å². The molecule has 0 unspecified atom stereocenters. The van der Waals surface area contributed by atoms with Crippen LogP contribution in [-0.2, 0) is 28.2 Å². The molecule has 0 rings (SSSR count). The molecule has 0 fully saturated rings. The van der Waals surface area contributed by atoms with Crippen molar-refractivity contribution < 1.29 is 48.2 Å². The van der Waals surface area contributed by atoms with Gasteiger partial charge in [-0.05, 0) is 64.2 Å². The highest BCUT2D eigenvalue weighted by Gasteiger charge is 2.23. The van der Waals surface area contributed by atoms with Crippen molar-refractivity contribution in [3.05, 3.63) is 72.9 Å². The van der Waals surface area contributed by atoms with E-state index in [1.165, 1.54) is 44.9 Å². The van der Waals surface area contributed by atoms with Crippen molar-refractivity contribution in [2.45, 2.75) is 161 Å². The van der Waals surface area contributed by atoms with Gasteiger partial charge in [0.15, 0.2) is 6.10 Å². The van der Waals surface area contributed by atoms with Gasteiger partial charge in [0, 0.05) is 12.8 Å². The van der Waals surface area contributed by atoms with E-state index in [9.17, 15) is 24.4 Å². The highest BCUT2D eigenvalue weighted by atomic mass is 31.2. The van der Waals surface area contributed by atoms with E-state index < -0.39 is 51.3 Å². The van der Waals surface area contributed by atoms with Gasteiger partial charge in [0.2, 0.25) is 0 Å². The summed E-state index contributed by atoms with van der Waals surface area (Å²) < 4.78 is 26.2. The standard InChI is InChI=1S/C41H69O10P/c1-3-5-7-9-11-12-13-14-15-16-17-18-19-21-27-33-41(45)51-39(36-50-52(46,47)48)35-49-40(44)34-28-32-38(43)31-26-23-22-25-30-37(42)29-24-20-10-8-6-4-2/h12-15,20,22-26,30-31,37-39,42-43H,3-11,16-19,21,27-29,32-36H2,1-2H3,(H2,46,47,48)/b13-12-,15-14-,23-22+,24-20-,30-25+,31-26-/t37-,38-,39-/m1/s1. The van der Waals surface area contributed by atoms with Crippen LogP contribution < -0.4 is 0 Å². The van der Waals surface area contributed by atoms with E-state index in [2.05, 4.69) is 48.8 Å². The summed E-state index contributed by atoms with van der Waals surface area (Å²) in [5.41, 5.74) is 0. The number of rotatable bonds is 34. The minimum atomic E-state index is -4.82. The summed E-state index contributed by atoms with van der Waals surface area (Å²) in [5, 5.41) is 20.1. The number of phosphoric acid groups is 1. The third kappa shape index (κ3) is 37.2. The van der Waals surface area contributed by atoms with Crippen LogP contribution in [0, 0.1) is 0 Å². The van der Waals surface area contributed by atoms with Gasteiger partial charge in [0.25, 0.3) is 0 Å². The summed E-state index contributed by atoms with van der Waals surface area (Å²) in [6, 6.07) is 0. The fourth-order valence-electron chi connectivity index (χ4n) is 4.91. The molecule has 0 amide bonds. The number of ether oxygens (including phenoxy) is 2. The maximum atomic E-state index is 12.4. The molecule has 0 aliphatic heterocycles. The molecule has 0 radical (unpaired) electrons. The van der Waals surface area contributed by atoms with E-state index in [0.717, 1.165) is 44.9 Å². The zero-order valence-corrected chi connectivity index (χ0v) is 32.8. The third-order valence-electron chi connectivity index (χ3n) is 7.92. The number of aliphatic hydroxyl groups is 2. The van der Waals surface area contributed by atoms with Gasteiger partial charge in [0.05, 0.1) is 18.8 Å². The van der Waals surface area contributed by atoms with Crippen molar-refractivity contribution in [1.82, 2.24) is 0 Å². The summed E-state index contributed by atoms with van der Waals surface area (Å²) in [6.07, 6.45) is 38.2. The Kier molecular flexibility index (Phi) is 33.7. The van der Waals surface area contributed by atoms with Gasteiger partial charge >= 0.3 is 19.8 Å². The minimum absolute atomic E-state index is 0.0000487. The summed E-state index contributed by atoms with van der Waals surface area (Å²) in [7, 11) is -4.82. The second-order valence-electron chi connectivity index (χ2n) is 13.0. The Bertz CT molecular complexity index is 1100. The summed E-state index contributed by atoms with van der Waals surface area (Å²) >= 11 is 0. The molecule has 0 bridgehead atoms. The molecule has 11 heteroatoms. The first-order valence-corrected chi connectivity index (χ1v) is 21.0. The Morgan fingerprint density at radius 3 is 1.79 bits per heavy atom. The molecule has 0 aliphatic rings. The molecule has 0 aromatic carbocycles. The van der Waals surface area contributed by atoms with Crippen molar-refractivity contribution in [2.24, 2.45) is 0 Å². The number of esters is 2. The molecule has 0 spiro atoms. The molecule has 298 valence electrons. The van der Waals surface area contributed by atoms with Gasteiger partial charge in [-0.15, -0.1) is 0 Å². The van der Waals surface area contributed by atoms with E-state index in [0.29, 0.717) is 25.7 Å². The van der Waals surface area contributed by atoms with E-state index in [1.807, 2.05) is 6.08 Å². The smallest absolute Gasteiger partial charge is 0.462 e. The second-order valence-corrected chi connectivity index (χ2v) is 14.2. The molecular formula is C41H69O10P. The lowest BCUT2D eigenvalue weighted by Crippen LogP contribution is -2.29. The van der Waals surface area contributed by atoms with E-state index in [-0.39, 0.29) is 12.8 Å². The van der Waals surface area contributed by atoms with Crippen molar-refractivity contribution in [1.29, 1.82) is 0 Å². The Balaban J connectivity index is 4.28. The average molecular weight is 753 g/mol. The molecule has 52 heavy (non-hydrogen) atoms. The zero-order valence-electron chi connectivity index (χ0n) is 31.9. The van der Waals surface area contributed by atoms with Crippen LogP contribution in [0.3, 0.4) is 0 Å². The summed E-state index contributed by atoms with van der Waals surface area (Å²) in [4.78, 5) is 42.7. The molecule has 0 aliphatic carbocycles. The van der Waals surface area contributed by atoms with Crippen LogP contribution in [0.5, 0.6) is 0 Å². The molecule has 0 aromatic rings. The Labute approximate surface area is 314 Å². The van der Waals surface area contributed by atoms with Gasteiger partial charge < -0.3 is 29.5 Å². The van der Waals surface area contributed by atoms with Crippen LogP contribution in [0.25, 0.3) is 0 Å². The highest BCUT2D eigenvalue weighted by Crippen LogP contribution is 2.36. The third-order valence-corrected chi connectivity index (χ3v) is 8.40. The normalized spacial score (nSPS) is 14.5. The zero-order chi connectivity index (χ0) is 38.5. The van der Waals surface area contributed by atoms with Gasteiger partial charge in [-0.2, -0.15) is 0 Å². The molecule has 10 nitrogen and oxygen atoms in total. The minimum Gasteiger partial charge on any atom is -0.462 e. The molecule has 0 saturated heterocycles. The molecule has 0 aromatic heterocycles. The lowest BCUT2D eigenvalue weighted by atomic mass is 10.1. The van der Waals surface area contributed by atoms with Crippen molar-refractivity contribution in [3.63, 3.8) is 0 Å². The largest absolute Gasteiger partial charge is 0.469 e. The van der Waals surface area contributed by atoms with Gasteiger partial charge in [0.1, 0.15) is 6.61 Å². The summed E-state index contributed by atoms with van der Waals surface area (Å²) in [5.74, 6) is -1.15. The van der Waals surface area contributed by atoms with Crippen molar-refractivity contribution >= 4 is 19.8 Å². The topological polar surface area (TPSA) is 160 Å². The molecule has 0 heterocycles. The number of phosphoric ester groups is 1.